The third-order valence-electron chi connectivity index (χ3n) is 2.14. The lowest BCUT2D eigenvalue weighted by molar-refractivity contribution is -0.137. The molecule has 6 heteroatoms. The molecular weight excluding hydrogens is 264 g/mol. The highest BCUT2D eigenvalue weighted by atomic mass is 32.2. The molecule has 0 amide bonds. The number of nitrogens with zero attached hydrogens (tertiary/aromatic N) is 1. The predicted molar refractivity (Wildman–Crippen MR) is 75.3 cm³/mol. The fraction of sp³-hybridized carbons (Fsp3) is 0.462. The van der Waals surface area contributed by atoms with Crippen molar-refractivity contribution in [3.8, 4) is 0 Å². The SMILES string of the molecule is CCCc1cc(=O)[nH]c(SC/C=C/C(=O)OCC)n1. The molecule has 0 spiro atoms. The molecule has 0 saturated heterocycles. The monoisotopic (exact) mass is 282 g/mol. The number of aryl methyl sites for hydroxylation is 1. The van der Waals surface area contributed by atoms with Gasteiger partial charge in [-0.2, -0.15) is 0 Å². The third-order valence-corrected chi connectivity index (χ3v) is 2.96. The molecule has 0 bridgehead atoms. The molecule has 0 unspecified atom stereocenters. The van der Waals surface area contributed by atoms with Crippen LogP contribution in [0.15, 0.2) is 28.2 Å². The van der Waals surface area contributed by atoms with Gasteiger partial charge in [0.25, 0.3) is 5.56 Å². The number of carbonyl (C=O) groups is 1. The molecule has 0 atom stereocenters. The van der Waals surface area contributed by atoms with Crippen LogP contribution in [-0.2, 0) is 16.0 Å². The number of aromatic amines is 1. The minimum atomic E-state index is -0.357. The largest absolute Gasteiger partial charge is 0.463 e. The van der Waals surface area contributed by atoms with Crippen molar-refractivity contribution in [3.05, 3.63) is 34.3 Å². The topological polar surface area (TPSA) is 72.0 Å². The summed E-state index contributed by atoms with van der Waals surface area (Å²) in [6, 6.07) is 1.52. The Labute approximate surface area is 116 Å². The standard InChI is InChI=1S/C13H18N2O3S/c1-3-6-10-9-11(16)15-13(14-10)19-8-5-7-12(17)18-4-2/h5,7,9H,3-4,6,8H2,1-2H3,(H,14,15,16)/b7-5+. The minimum Gasteiger partial charge on any atom is -0.463 e. The molecule has 5 nitrogen and oxygen atoms in total. The van der Waals surface area contributed by atoms with Crippen LogP contribution in [0.25, 0.3) is 0 Å². The van der Waals surface area contributed by atoms with Crippen LogP contribution >= 0.6 is 11.8 Å². The molecular formula is C13H18N2O3S. The number of H-pyrrole nitrogens is 1. The molecule has 0 aliphatic rings. The van der Waals surface area contributed by atoms with Crippen molar-refractivity contribution in [2.24, 2.45) is 0 Å². The number of hydrogen-bond acceptors (Lipinski definition) is 5. The second kappa shape index (κ2) is 8.53. The Balaban J connectivity index is 2.53. The molecule has 0 aromatic carbocycles. The van der Waals surface area contributed by atoms with Gasteiger partial charge in [0.2, 0.25) is 0 Å². The molecule has 0 aliphatic heterocycles. The van der Waals surface area contributed by atoms with Crippen LogP contribution in [0.4, 0.5) is 0 Å². The zero-order valence-electron chi connectivity index (χ0n) is 11.1. The molecule has 1 aromatic heterocycles. The van der Waals surface area contributed by atoms with E-state index in [1.54, 1.807) is 13.0 Å². The average Bonchev–Trinajstić information content (AvgIpc) is 2.35. The first-order chi connectivity index (χ1) is 9.15. The van der Waals surface area contributed by atoms with Crippen molar-refractivity contribution >= 4 is 17.7 Å². The maximum Gasteiger partial charge on any atom is 0.330 e. The minimum absolute atomic E-state index is 0.143. The molecule has 1 N–H and O–H groups in total. The summed E-state index contributed by atoms with van der Waals surface area (Å²) in [5, 5.41) is 0.574. The average molecular weight is 282 g/mol. The van der Waals surface area contributed by atoms with Crippen LogP contribution in [0.1, 0.15) is 26.0 Å². The van der Waals surface area contributed by atoms with Gasteiger partial charge in [0.1, 0.15) is 0 Å². The molecule has 0 radical (unpaired) electrons. The van der Waals surface area contributed by atoms with E-state index in [2.05, 4.69) is 9.97 Å². The van der Waals surface area contributed by atoms with Gasteiger partial charge in [0, 0.05) is 23.6 Å². The van der Waals surface area contributed by atoms with E-state index in [0.29, 0.717) is 17.5 Å². The van der Waals surface area contributed by atoms with E-state index in [4.69, 9.17) is 4.74 Å². The number of ether oxygens (including phenoxy) is 1. The fourth-order valence-corrected chi connectivity index (χ4v) is 2.10. The lowest BCUT2D eigenvalue weighted by atomic mass is 10.2. The molecule has 19 heavy (non-hydrogen) atoms. The van der Waals surface area contributed by atoms with Crippen LogP contribution in [0, 0.1) is 0 Å². The summed E-state index contributed by atoms with van der Waals surface area (Å²) in [6.07, 6.45) is 4.80. The first kappa shape index (κ1) is 15.5. The molecule has 0 fully saturated rings. The van der Waals surface area contributed by atoms with Gasteiger partial charge in [-0.1, -0.05) is 31.2 Å². The molecule has 1 rings (SSSR count). The highest BCUT2D eigenvalue weighted by molar-refractivity contribution is 7.99. The van der Waals surface area contributed by atoms with Gasteiger partial charge in [0.15, 0.2) is 5.16 Å². The lowest BCUT2D eigenvalue weighted by Crippen LogP contribution is -2.10. The quantitative estimate of drug-likeness (QED) is 0.358. The van der Waals surface area contributed by atoms with Crippen molar-refractivity contribution in [3.63, 3.8) is 0 Å². The van der Waals surface area contributed by atoms with Crippen molar-refractivity contribution in [1.82, 2.24) is 9.97 Å². The van der Waals surface area contributed by atoms with E-state index in [9.17, 15) is 9.59 Å². The lowest BCUT2D eigenvalue weighted by Gasteiger charge is -2.01. The third kappa shape index (κ3) is 6.24. The Hall–Kier alpha value is -1.56. The Morgan fingerprint density at radius 3 is 3.00 bits per heavy atom. The van der Waals surface area contributed by atoms with E-state index >= 15 is 0 Å². The predicted octanol–water partition coefficient (Wildman–Crippen LogP) is 1.93. The van der Waals surface area contributed by atoms with Crippen LogP contribution in [0.5, 0.6) is 0 Å². The summed E-state index contributed by atoms with van der Waals surface area (Å²) >= 11 is 1.37. The summed E-state index contributed by atoms with van der Waals surface area (Å²) in [5.41, 5.74) is 0.651. The summed E-state index contributed by atoms with van der Waals surface area (Å²) in [7, 11) is 0. The van der Waals surface area contributed by atoms with Crippen LogP contribution < -0.4 is 5.56 Å². The van der Waals surface area contributed by atoms with Crippen molar-refractivity contribution < 1.29 is 9.53 Å². The number of carbonyl (C=O) groups excluding carboxylic acids is 1. The maximum atomic E-state index is 11.4. The summed E-state index contributed by atoms with van der Waals surface area (Å²) in [4.78, 5) is 29.5. The van der Waals surface area contributed by atoms with E-state index in [1.807, 2.05) is 6.92 Å². The molecule has 0 aliphatic carbocycles. The van der Waals surface area contributed by atoms with Gasteiger partial charge in [-0.15, -0.1) is 0 Å². The second-order valence-corrected chi connectivity index (χ2v) is 4.77. The van der Waals surface area contributed by atoms with E-state index in [-0.39, 0.29) is 11.5 Å². The molecule has 0 saturated carbocycles. The number of aromatic nitrogens is 2. The second-order valence-electron chi connectivity index (χ2n) is 3.76. The molecule has 1 heterocycles. The van der Waals surface area contributed by atoms with Gasteiger partial charge in [0.05, 0.1) is 6.61 Å². The van der Waals surface area contributed by atoms with Gasteiger partial charge < -0.3 is 9.72 Å². The van der Waals surface area contributed by atoms with E-state index in [0.717, 1.165) is 18.5 Å². The van der Waals surface area contributed by atoms with Crippen LogP contribution in [0.2, 0.25) is 0 Å². The Morgan fingerprint density at radius 1 is 1.53 bits per heavy atom. The van der Waals surface area contributed by atoms with Gasteiger partial charge in [-0.3, -0.25) is 4.79 Å². The first-order valence-electron chi connectivity index (χ1n) is 6.22. The maximum absolute atomic E-state index is 11.4. The van der Waals surface area contributed by atoms with Crippen LogP contribution in [0.3, 0.4) is 0 Å². The van der Waals surface area contributed by atoms with Crippen molar-refractivity contribution in [2.45, 2.75) is 31.8 Å². The summed E-state index contributed by atoms with van der Waals surface area (Å²) in [5.74, 6) is 0.196. The number of thioether (sulfide) groups is 1. The number of esters is 1. The van der Waals surface area contributed by atoms with Gasteiger partial charge in [-0.05, 0) is 13.3 Å². The summed E-state index contributed by atoms with van der Waals surface area (Å²) < 4.78 is 4.76. The first-order valence-corrected chi connectivity index (χ1v) is 7.20. The highest BCUT2D eigenvalue weighted by Gasteiger charge is 2.01. The Morgan fingerprint density at radius 2 is 2.32 bits per heavy atom. The number of nitrogens with one attached hydrogen (secondary N) is 1. The number of rotatable bonds is 7. The van der Waals surface area contributed by atoms with E-state index in [1.165, 1.54) is 23.9 Å². The van der Waals surface area contributed by atoms with Crippen molar-refractivity contribution in [1.29, 1.82) is 0 Å². The van der Waals surface area contributed by atoms with Crippen LogP contribution in [-0.4, -0.2) is 28.3 Å². The zero-order valence-corrected chi connectivity index (χ0v) is 12.0. The zero-order chi connectivity index (χ0) is 14.1. The molecule has 1 aromatic rings. The molecule has 104 valence electrons. The van der Waals surface area contributed by atoms with E-state index < -0.39 is 0 Å². The highest BCUT2D eigenvalue weighted by Crippen LogP contribution is 2.11. The van der Waals surface area contributed by atoms with Gasteiger partial charge >= 0.3 is 5.97 Å². The van der Waals surface area contributed by atoms with Crippen molar-refractivity contribution in [2.75, 3.05) is 12.4 Å². The smallest absolute Gasteiger partial charge is 0.330 e. The Bertz CT molecular complexity index is 497. The Kier molecular flexibility index (Phi) is 6.95. The normalized spacial score (nSPS) is 10.8. The fourth-order valence-electron chi connectivity index (χ4n) is 1.40. The number of hydrogen-bond donors (Lipinski definition) is 1. The summed E-state index contributed by atoms with van der Waals surface area (Å²) in [6.45, 7) is 4.16. The van der Waals surface area contributed by atoms with Gasteiger partial charge in [-0.25, -0.2) is 9.78 Å².